The summed E-state index contributed by atoms with van der Waals surface area (Å²) in [5.74, 6) is 0. The van der Waals surface area contributed by atoms with Crippen LogP contribution in [0.4, 0.5) is 0 Å². The molecule has 118 valence electrons. The molecule has 0 amide bonds. The molecule has 1 saturated carbocycles. The Morgan fingerprint density at radius 2 is 1.95 bits per heavy atom. The zero-order valence-electron chi connectivity index (χ0n) is 13.0. The molecule has 0 bridgehead atoms. The lowest BCUT2D eigenvalue weighted by Gasteiger charge is -2.35. The van der Waals surface area contributed by atoms with Crippen LogP contribution >= 0.6 is 0 Å². The monoisotopic (exact) mass is 302 g/mol. The van der Waals surface area contributed by atoms with Crippen LogP contribution in [0.25, 0.3) is 0 Å². The Kier molecular flexibility index (Phi) is 5.87. The van der Waals surface area contributed by atoms with Gasteiger partial charge in [-0.1, -0.05) is 12.8 Å². The van der Waals surface area contributed by atoms with Gasteiger partial charge in [-0.15, -0.1) is 0 Å². The average Bonchev–Trinajstić information content (AvgIpc) is 2.45. The highest BCUT2D eigenvalue weighted by Crippen LogP contribution is 2.27. The van der Waals surface area contributed by atoms with E-state index in [-0.39, 0.29) is 5.25 Å². The minimum absolute atomic E-state index is 0.114. The van der Waals surface area contributed by atoms with E-state index in [1.165, 1.54) is 31.9 Å². The quantitative estimate of drug-likeness (QED) is 0.841. The summed E-state index contributed by atoms with van der Waals surface area (Å²) in [6.07, 6.45) is 10.4. The summed E-state index contributed by atoms with van der Waals surface area (Å²) in [4.78, 5) is 2.40. The van der Waals surface area contributed by atoms with Crippen LogP contribution in [-0.4, -0.2) is 57.0 Å². The van der Waals surface area contributed by atoms with Crippen LogP contribution in [-0.2, 0) is 9.84 Å². The van der Waals surface area contributed by atoms with Gasteiger partial charge in [-0.2, -0.15) is 0 Å². The molecule has 3 unspecified atom stereocenters. The number of sulfone groups is 1. The van der Waals surface area contributed by atoms with Crippen molar-refractivity contribution in [2.24, 2.45) is 0 Å². The van der Waals surface area contributed by atoms with Crippen molar-refractivity contribution in [3.8, 4) is 0 Å². The largest absolute Gasteiger partial charge is 0.314 e. The minimum atomic E-state index is -2.87. The Bertz CT molecular complexity index is 391. The summed E-state index contributed by atoms with van der Waals surface area (Å²) in [6.45, 7) is 2.24. The van der Waals surface area contributed by atoms with Gasteiger partial charge < -0.3 is 10.2 Å². The van der Waals surface area contributed by atoms with Gasteiger partial charge in [0, 0.05) is 18.3 Å². The smallest absolute Gasteiger partial charge is 0.150 e. The van der Waals surface area contributed by atoms with E-state index >= 15 is 0 Å². The molecule has 5 heteroatoms. The third kappa shape index (κ3) is 4.71. The van der Waals surface area contributed by atoms with Crippen LogP contribution in [0.2, 0.25) is 0 Å². The number of rotatable bonds is 5. The summed E-state index contributed by atoms with van der Waals surface area (Å²) in [5, 5.41) is 3.47. The lowest BCUT2D eigenvalue weighted by molar-refractivity contribution is 0.181. The van der Waals surface area contributed by atoms with Gasteiger partial charge in [-0.3, -0.25) is 0 Å². The van der Waals surface area contributed by atoms with Crippen molar-refractivity contribution in [3.05, 3.63) is 0 Å². The predicted molar refractivity (Wildman–Crippen MR) is 83.8 cm³/mol. The Balaban J connectivity index is 1.78. The highest BCUT2D eigenvalue weighted by Gasteiger charge is 2.30. The highest BCUT2D eigenvalue weighted by atomic mass is 32.2. The van der Waals surface area contributed by atoms with Crippen LogP contribution in [0.3, 0.4) is 0 Å². The van der Waals surface area contributed by atoms with Crippen LogP contribution < -0.4 is 5.32 Å². The third-order valence-corrected chi connectivity index (χ3v) is 6.71. The fourth-order valence-corrected chi connectivity index (χ4v) is 4.79. The van der Waals surface area contributed by atoms with Crippen molar-refractivity contribution in [2.45, 2.75) is 68.7 Å². The van der Waals surface area contributed by atoms with Gasteiger partial charge in [0.25, 0.3) is 0 Å². The Labute approximate surface area is 124 Å². The first-order chi connectivity index (χ1) is 9.47. The molecule has 2 rings (SSSR count). The fraction of sp³-hybridized carbons (Fsp3) is 1.00. The van der Waals surface area contributed by atoms with E-state index in [4.69, 9.17) is 0 Å². The van der Waals surface area contributed by atoms with Crippen molar-refractivity contribution in [1.29, 1.82) is 0 Å². The number of piperidine rings is 1. The Morgan fingerprint density at radius 3 is 2.60 bits per heavy atom. The summed E-state index contributed by atoms with van der Waals surface area (Å²) in [6, 6.07) is 1.12. The van der Waals surface area contributed by atoms with Gasteiger partial charge in [0.2, 0.25) is 0 Å². The molecule has 1 heterocycles. The first kappa shape index (κ1) is 16.2. The maximum atomic E-state index is 11.7. The molecule has 1 aliphatic heterocycles. The molecule has 0 radical (unpaired) electrons. The number of hydrogen-bond acceptors (Lipinski definition) is 4. The SMILES string of the molecule is CN(CCC1CCCCN1)C1CCCC(S(C)(=O)=O)C1. The predicted octanol–water partition coefficient (Wildman–Crippen LogP) is 1.81. The molecule has 0 aromatic carbocycles. The molecule has 2 fully saturated rings. The molecule has 3 atom stereocenters. The minimum Gasteiger partial charge on any atom is -0.314 e. The number of nitrogens with one attached hydrogen (secondary N) is 1. The van der Waals surface area contributed by atoms with E-state index in [9.17, 15) is 8.42 Å². The molecule has 1 saturated heterocycles. The van der Waals surface area contributed by atoms with Gasteiger partial charge in [0.05, 0.1) is 5.25 Å². The fourth-order valence-electron chi connectivity index (χ4n) is 3.62. The number of nitrogens with zero attached hydrogens (tertiary/aromatic N) is 1. The molecule has 0 aromatic rings. The molecule has 1 N–H and O–H groups in total. The van der Waals surface area contributed by atoms with Crippen LogP contribution in [0.1, 0.15) is 51.4 Å². The second kappa shape index (κ2) is 7.23. The summed E-state index contributed by atoms with van der Waals surface area (Å²) in [7, 11) is -0.702. The van der Waals surface area contributed by atoms with Gasteiger partial charge >= 0.3 is 0 Å². The van der Waals surface area contributed by atoms with E-state index in [0.29, 0.717) is 12.1 Å². The molecule has 4 nitrogen and oxygen atoms in total. The zero-order valence-corrected chi connectivity index (χ0v) is 13.8. The van der Waals surface area contributed by atoms with E-state index in [2.05, 4.69) is 17.3 Å². The molecule has 1 aliphatic carbocycles. The second-order valence-electron chi connectivity index (χ2n) is 6.69. The lowest BCUT2D eigenvalue weighted by atomic mass is 9.93. The zero-order chi connectivity index (χ0) is 14.6. The molecule has 2 aliphatic rings. The molecular weight excluding hydrogens is 272 g/mol. The average molecular weight is 302 g/mol. The van der Waals surface area contributed by atoms with E-state index in [0.717, 1.165) is 38.8 Å². The van der Waals surface area contributed by atoms with Crippen LogP contribution in [0, 0.1) is 0 Å². The van der Waals surface area contributed by atoms with E-state index in [1.807, 2.05) is 0 Å². The third-order valence-electron chi connectivity index (χ3n) is 5.07. The molecular formula is C15H30N2O2S. The van der Waals surface area contributed by atoms with Crippen LogP contribution in [0.5, 0.6) is 0 Å². The van der Waals surface area contributed by atoms with Crippen LogP contribution in [0.15, 0.2) is 0 Å². The van der Waals surface area contributed by atoms with Gasteiger partial charge in [-0.25, -0.2) is 8.42 Å². The Morgan fingerprint density at radius 1 is 1.15 bits per heavy atom. The number of hydrogen-bond donors (Lipinski definition) is 1. The van der Waals surface area contributed by atoms with Gasteiger partial charge in [0.1, 0.15) is 9.84 Å². The van der Waals surface area contributed by atoms with Crippen molar-refractivity contribution < 1.29 is 8.42 Å². The normalized spacial score (nSPS) is 32.5. The van der Waals surface area contributed by atoms with Crippen molar-refractivity contribution in [1.82, 2.24) is 10.2 Å². The second-order valence-corrected chi connectivity index (χ2v) is 9.01. The topological polar surface area (TPSA) is 49.4 Å². The van der Waals surface area contributed by atoms with Crippen molar-refractivity contribution in [2.75, 3.05) is 26.4 Å². The van der Waals surface area contributed by atoms with Crippen molar-refractivity contribution >= 4 is 9.84 Å². The van der Waals surface area contributed by atoms with E-state index < -0.39 is 9.84 Å². The maximum absolute atomic E-state index is 11.7. The first-order valence-corrected chi connectivity index (χ1v) is 10.0. The Hall–Kier alpha value is -0.130. The van der Waals surface area contributed by atoms with Crippen molar-refractivity contribution in [3.63, 3.8) is 0 Å². The summed E-state index contributed by atoms with van der Waals surface area (Å²) >= 11 is 0. The molecule has 20 heavy (non-hydrogen) atoms. The highest BCUT2D eigenvalue weighted by molar-refractivity contribution is 7.91. The van der Waals surface area contributed by atoms with Gasteiger partial charge in [0.15, 0.2) is 0 Å². The summed E-state index contributed by atoms with van der Waals surface area (Å²) < 4.78 is 23.5. The van der Waals surface area contributed by atoms with Gasteiger partial charge in [-0.05, 0) is 58.7 Å². The summed E-state index contributed by atoms with van der Waals surface area (Å²) in [5.41, 5.74) is 0. The van der Waals surface area contributed by atoms with E-state index in [1.54, 1.807) is 0 Å². The first-order valence-electron chi connectivity index (χ1n) is 8.09. The standard InChI is InChI=1S/C15H30N2O2S/c1-17(11-9-13-6-3-4-10-16-13)14-7-5-8-15(12-14)20(2,18)19/h13-16H,3-12H2,1-2H3. The lowest BCUT2D eigenvalue weighted by Crippen LogP contribution is -2.42. The molecule has 0 spiro atoms. The maximum Gasteiger partial charge on any atom is 0.150 e. The molecule has 0 aromatic heterocycles.